The average molecular weight is 463 g/mol. The standard InChI is InChI=1S/C27H27FN2O4/c1-18(2)24(30-23(31)17-19-9-5-3-6-10-19)27(33)34-25(20-11-7-4-8-12-20)26(32)29-22-15-13-21(28)14-16-22/h3-16,18,24-25H,17H2,1-2H3,(H,29,32)(H,30,31)/t24-,25?/m0/s1. The van der Waals surface area contributed by atoms with Crippen LogP contribution >= 0.6 is 0 Å². The summed E-state index contributed by atoms with van der Waals surface area (Å²) in [6, 6.07) is 22.1. The molecule has 0 aliphatic heterocycles. The molecular weight excluding hydrogens is 435 g/mol. The number of benzene rings is 3. The predicted octanol–water partition coefficient (Wildman–Crippen LogP) is 4.43. The fraction of sp³-hybridized carbons (Fsp3) is 0.222. The minimum atomic E-state index is -1.26. The Morgan fingerprint density at radius 1 is 0.853 bits per heavy atom. The van der Waals surface area contributed by atoms with Gasteiger partial charge in [0.2, 0.25) is 12.0 Å². The summed E-state index contributed by atoms with van der Waals surface area (Å²) in [5.74, 6) is -2.35. The first-order chi connectivity index (χ1) is 16.3. The lowest BCUT2D eigenvalue weighted by Crippen LogP contribution is -2.46. The molecule has 0 fully saturated rings. The molecule has 0 aliphatic carbocycles. The van der Waals surface area contributed by atoms with Crippen LogP contribution in [-0.4, -0.2) is 23.8 Å². The van der Waals surface area contributed by atoms with Crippen molar-refractivity contribution in [1.82, 2.24) is 5.32 Å². The van der Waals surface area contributed by atoms with Crippen molar-refractivity contribution < 1.29 is 23.5 Å². The van der Waals surface area contributed by atoms with E-state index in [-0.39, 0.29) is 18.2 Å². The first-order valence-electron chi connectivity index (χ1n) is 11.0. The van der Waals surface area contributed by atoms with Gasteiger partial charge in [0, 0.05) is 11.3 Å². The van der Waals surface area contributed by atoms with Crippen molar-refractivity contribution in [3.05, 3.63) is 102 Å². The van der Waals surface area contributed by atoms with Crippen molar-refractivity contribution in [3.63, 3.8) is 0 Å². The number of rotatable bonds is 9. The van der Waals surface area contributed by atoms with Crippen molar-refractivity contribution >= 4 is 23.5 Å². The second-order valence-electron chi connectivity index (χ2n) is 8.18. The quantitative estimate of drug-likeness (QED) is 0.461. The summed E-state index contributed by atoms with van der Waals surface area (Å²) in [6.45, 7) is 3.57. The van der Waals surface area contributed by atoms with Gasteiger partial charge >= 0.3 is 5.97 Å². The SMILES string of the molecule is CC(C)[C@H](NC(=O)Cc1ccccc1)C(=O)OC(C(=O)Nc1ccc(F)cc1)c1ccccc1. The van der Waals surface area contributed by atoms with E-state index in [1.807, 2.05) is 30.3 Å². The van der Waals surface area contributed by atoms with Crippen molar-refractivity contribution in [1.29, 1.82) is 0 Å². The van der Waals surface area contributed by atoms with Crippen LogP contribution in [0.3, 0.4) is 0 Å². The highest BCUT2D eigenvalue weighted by molar-refractivity contribution is 5.96. The Hall–Kier alpha value is -4.00. The zero-order valence-electron chi connectivity index (χ0n) is 19.0. The number of halogens is 1. The van der Waals surface area contributed by atoms with Crippen LogP contribution in [0, 0.1) is 11.7 Å². The molecule has 176 valence electrons. The minimum Gasteiger partial charge on any atom is -0.446 e. The van der Waals surface area contributed by atoms with E-state index in [4.69, 9.17) is 4.74 Å². The molecule has 0 saturated carbocycles. The summed E-state index contributed by atoms with van der Waals surface area (Å²) in [7, 11) is 0. The normalized spacial score (nSPS) is 12.5. The molecule has 0 spiro atoms. The Morgan fingerprint density at radius 3 is 2.03 bits per heavy atom. The van der Waals surface area contributed by atoms with Gasteiger partial charge in [0.25, 0.3) is 5.91 Å². The van der Waals surface area contributed by atoms with Crippen LogP contribution in [0.4, 0.5) is 10.1 Å². The number of carbonyl (C=O) groups excluding carboxylic acids is 3. The van der Waals surface area contributed by atoms with Crippen LogP contribution in [0.15, 0.2) is 84.9 Å². The largest absolute Gasteiger partial charge is 0.446 e. The van der Waals surface area contributed by atoms with Crippen LogP contribution in [0.5, 0.6) is 0 Å². The smallest absolute Gasteiger partial charge is 0.330 e. The van der Waals surface area contributed by atoms with Gasteiger partial charge in [0.1, 0.15) is 11.9 Å². The summed E-state index contributed by atoms with van der Waals surface area (Å²) < 4.78 is 18.8. The fourth-order valence-electron chi connectivity index (χ4n) is 3.33. The molecule has 0 saturated heterocycles. The van der Waals surface area contributed by atoms with Gasteiger partial charge < -0.3 is 15.4 Å². The lowest BCUT2D eigenvalue weighted by Gasteiger charge is -2.24. The summed E-state index contributed by atoms with van der Waals surface area (Å²) in [6.07, 6.45) is -1.14. The molecule has 0 radical (unpaired) electrons. The number of anilines is 1. The maximum absolute atomic E-state index is 13.2. The second kappa shape index (κ2) is 11.7. The summed E-state index contributed by atoms with van der Waals surface area (Å²) in [5.41, 5.74) is 1.64. The van der Waals surface area contributed by atoms with Crippen LogP contribution < -0.4 is 10.6 Å². The van der Waals surface area contributed by atoms with Crippen molar-refractivity contribution in [2.45, 2.75) is 32.4 Å². The van der Waals surface area contributed by atoms with E-state index in [2.05, 4.69) is 10.6 Å². The lowest BCUT2D eigenvalue weighted by molar-refractivity contribution is -0.158. The minimum absolute atomic E-state index is 0.116. The Bertz CT molecular complexity index is 1100. The molecule has 0 bridgehead atoms. The molecule has 3 rings (SSSR count). The van der Waals surface area contributed by atoms with Gasteiger partial charge in [-0.15, -0.1) is 0 Å². The Balaban J connectivity index is 1.75. The monoisotopic (exact) mass is 462 g/mol. The summed E-state index contributed by atoms with van der Waals surface area (Å²) in [5, 5.41) is 5.37. The van der Waals surface area contributed by atoms with Gasteiger partial charge in [-0.3, -0.25) is 9.59 Å². The first-order valence-corrected chi connectivity index (χ1v) is 11.0. The van der Waals surface area contributed by atoms with Crippen molar-refractivity contribution in [2.75, 3.05) is 5.32 Å². The maximum atomic E-state index is 13.2. The second-order valence-corrected chi connectivity index (χ2v) is 8.18. The van der Waals surface area contributed by atoms with Gasteiger partial charge in [0.05, 0.1) is 6.42 Å². The number of amides is 2. The molecule has 6 nitrogen and oxygen atoms in total. The zero-order chi connectivity index (χ0) is 24.5. The summed E-state index contributed by atoms with van der Waals surface area (Å²) in [4.78, 5) is 38.7. The van der Waals surface area contributed by atoms with E-state index in [9.17, 15) is 18.8 Å². The molecule has 34 heavy (non-hydrogen) atoms. The van der Waals surface area contributed by atoms with E-state index in [1.54, 1.807) is 44.2 Å². The van der Waals surface area contributed by atoms with Gasteiger partial charge in [-0.25, -0.2) is 9.18 Å². The third-order valence-corrected chi connectivity index (χ3v) is 5.13. The highest BCUT2D eigenvalue weighted by Crippen LogP contribution is 2.22. The number of ether oxygens (including phenoxy) is 1. The van der Waals surface area contributed by atoms with Gasteiger partial charge in [-0.1, -0.05) is 74.5 Å². The Labute approximate surface area is 198 Å². The predicted molar refractivity (Wildman–Crippen MR) is 127 cm³/mol. The van der Waals surface area contributed by atoms with Gasteiger partial charge in [0.15, 0.2) is 0 Å². The Morgan fingerprint density at radius 2 is 1.44 bits per heavy atom. The number of esters is 1. The van der Waals surface area contributed by atoms with Gasteiger partial charge in [-0.05, 0) is 35.7 Å². The lowest BCUT2D eigenvalue weighted by atomic mass is 10.0. The number of carbonyl (C=O) groups is 3. The molecule has 0 heterocycles. The molecule has 7 heteroatoms. The number of nitrogens with one attached hydrogen (secondary N) is 2. The third kappa shape index (κ3) is 7.00. The van der Waals surface area contributed by atoms with E-state index in [0.29, 0.717) is 11.3 Å². The molecule has 0 aromatic heterocycles. The van der Waals surface area contributed by atoms with E-state index in [1.165, 1.54) is 24.3 Å². The van der Waals surface area contributed by atoms with E-state index < -0.39 is 29.8 Å². The highest BCUT2D eigenvalue weighted by atomic mass is 19.1. The molecule has 2 amide bonds. The van der Waals surface area contributed by atoms with E-state index in [0.717, 1.165) is 5.56 Å². The molecule has 1 unspecified atom stereocenters. The van der Waals surface area contributed by atoms with Crippen molar-refractivity contribution in [3.8, 4) is 0 Å². The highest BCUT2D eigenvalue weighted by Gasteiger charge is 2.32. The summed E-state index contributed by atoms with van der Waals surface area (Å²) >= 11 is 0. The van der Waals surface area contributed by atoms with Crippen LogP contribution in [0.25, 0.3) is 0 Å². The maximum Gasteiger partial charge on any atom is 0.330 e. The third-order valence-electron chi connectivity index (χ3n) is 5.13. The fourth-order valence-corrected chi connectivity index (χ4v) is 3.33. The van der Waals surface area contributed by atoms with Crippen LogP contribution in [-0.2, 0) is 25.5 Å². The van der Waals surface area contributed by atoms with Crippen LogP contribution in [0.1, 0.15) is 31.1 Å². The number of hydrogen-bond donors (Lipinski definition) is 2. The molecule has 0 aliphatic rings. The van der Waals surface area contributed by atoms with E-state index >= 15 is 0 Å². The molecule has 2 atom stereocenters. The van der Waals surface area contributed by atoms with Crippen LogP contribution in [0.2, 0.25) is 0 Å². The molecule has 2 N–H and O–H groups in total. The topological polar surface area (TPSA) is 84.5 Å². The zero-order valence-corrected chi connectivity index (χ0v) is 19.0. The average Bonchev–Trinajstić information content (AvgIpc) is 2.83. The molecule has 3 aromatic carbocycles. The molecular formula is C27H27FN2O4. The van der Waals surface area contributed by atoms with Gasteiger partial charge in [-0.2, -0.15) is 0 Å². The molecule has 3 aromatic rings. The van der Waals surface area contributed by atoms with Crippen molar-refractivity contribution in [2.24, 2.45) is 5.92 Å². The first kappa shape index (κ1) is 24.6. The number of hydrogen-bond acceptors (Lipinski definition) is 4. The Kier molecular flexibility index (Phi) is 8.51.